The SMILES string of the molecule is COc1ccc(C2Nc3ccccc3NC3=C2C(=O)CC(c2ccc(F)cc2)C3)cc1OCc1ccccc1. The first-order valence-corrected chi connectivity index (χ1v) is 13.1. The average molecular weight is 521 g/mol. The van der Waals surface area contributed by atoms with Crippen molar-refractivity contribution >= 4 is 17.2 Å². The van der Waals surface area contributed by atoms with Crippen LogP contribution in [-0.2, 0) is 11.4 Å². The molecule has 4 aromatic rings. The highest BCUT2D eigenvalue weighted by Gasteiger charge is 2.36. The minimum atomic E-state index is -0.386. The molecule has 6 rings (SSSR count). The van der Waals surface area contributed by atoms with Gasteiger partial charge in [-0.05, 0) is 65.4 Å². The Bertz CT molecular complexity index is 1530. The fraction of sp³-hybridized carbons (Fsp3) is 0.182. The zero-order chi connectivity index (χ0) is 26.8. The molecule has 0 bridgehead atoms. The van der Waals surface area contributed by atoms with Crippen LogP contribution in [0.3, 0.4) is 0 Å². The van der Waals surface area contributed by atoms with Crippen LogP contribution in [0.4, 0.5) is 15.8 Å². The molecule has 2 unspecified atom stereocenters. The number of anilines is 2. The van der Waals surface area contributed by atoms with Gasteiger partial charge < -0.3 is 20.1 Å². The molecule has 0 radical (unpaired) electrons. The lowest BCUT2D eigenvalue weighted by Crippen LogP contribution is -2.27. The number of carbonyl (C=O) groups is 1. The second-order valence-electron chi connectivity index (χ2n) is 9.90. The number of hydrogen-bond donors (Lipinski definition) is 2. The van der Waals surface area contributed by atoms with Crippen LogP contribution in [0.2, 0.25) is 0 Å². The molecular formula is C33H29FN2O3. The Labute approximate surface area is 227 Å². The molecule has 4 aromatic carbocycles. The van der Waals surface area contributed by atoms with E-state index in [0.29, 0.717) is 36.5 Å². The summed E-state index contributed by atoms with van der Waals surface area (Å²) in [6.07, 6.45) is 1.00. The van der Waals surface area contributed by atoms with Gasteiger partial charge in [-0.2, -0.15) is 0 Å². The molecule has 0 saturated heterocycles. The number of carbonyl (C=O) groups excluding carboxylic acids is 1. The van der Waals surface area contributed by atoms with E-state index in [0.717, 1.165) is 33.8 Å². The third-order valence-electron chi connectivity index (χ3n) is 7.41. The third-order valence-corrected chi connectivity index (χ3v) is 7.41. The van der Waals surface area contributed by atoms with Crippen LogP contribution in [0.1, 0.15) is 41.5 Å². The molecule has 196 valence electrons. The number of ketones is 1. The first-order chi connectivity index (χ1) is 19.1. The highest BCUT2D eigenvalue weighted by atomic mass is 19.1. The minimum Gasteiger partial charge on any atom is -0.493 e. The number of allylic oxidation sites excluding steroid dienone is 1. The van der Waals surface area contributed by atoms with Gasteiger partial charge in [-0.1, -0.05) is 60.7 Å². The van der Waals surface area contributed by atoms with Gasteiger partial charge in [0.25, 0.3) is 0 Å². The molecule has 0 saturated carbocycles. The van der Waals surface area contributed by atoms with Gasteiger partial charge in [0, 0.05) is 17.7 Å². The van der Waals surface area contributed by atoms with Crippen LogP contribution in [0, 0.1) is 5.82 Å². The molecule has 5 nitrogen and oxygen atoms in total. The Kier molecular flexibility index (Phi) is 6.76. The van der Waals surface area contributed by atoms with Crippen molar-refractivity contribution < 1.29 is 18.7 Å². The van der Waals surface area contributed by atoms with Crippen molar-refractivity contribution in [1.29, 1.82) is 0 Å². The maximum absolute atomic E-state index is 13.8. The summed E-state index contributed by atoms with van der Waals surface area (Å²) in [5.74, 6) is 0.987. The maximum atomic E-state index is 13.8. The van der Waals surface area contributed by atoms with Crippen molar-refractivity contribution in [2.45, 2.75) is 31.4 Å². The van der Waals surface area contributed by atoms with E-state index < -0.39 is 0 Å². The number of hydrogen-bond acceptors (Lipinski definition) is 5. The van der Waals surface area contributed by atoms with Gasteiger partial charge in [0.05, 0.1) is 24.5 Å². The van der Waals surface area contributed by atoms with Gasteiger partial charge in [-0.15, -0.1) is 0 Å². The number of nitrogens with one attached hydrogen (secondary N) is 2. The molecule has 0 spiro atoms. The quantitative estimate of drug-likeness (QED) is 0.278. The molecule has 2 N–H and O–H groups in total. The lowest BCUT2D eigenvalue weighted by Gasteiger charge is -2.30. The van der Waals surface area contributed by atoms with Crippen LogP contribution < -0.4 is 20.1 Å². The Hall–Kier alpha value is -4.58. The van der Waals surface area contributed by atoms with Crippen LogP contribution in [0.5, 0.6) is 11.5 Å². The Morgan fingerprint density at radius 1 is 0.821 bits per heavy atom. The zero-order valence-corrected chi connectivity index (χ0v) is 21.6. The highest BCUT2D eigenvalue weighted by Crippen LogP contribution is 2.45. The Balaban J connectivity index is 1.39. The topological polar surface area (TPSA) is 59.6 Å². The number of methoxy groups -OCH3 is 1. The molecular weight excluding hydrogens is 491 g/mol. The predicted molar refractivity (Wildman–Crippen MR) is 151 cm³/mol. The molecule has 1 aliphatic heterocycles. The smallest absolute Gasteiger partial charge is 0.163 e. The lowest BCUT2D eigenvalue weighted by atomic mass is 9.78. The monoisotopic (exact) mass is 520 g/mol. The second kappa shape index (κ2) is 10.7. The fourth-order valence-corrected chi connectivity index (χ4v) is 5.43. The summed E-state index contributed by atoms with van der Waals surface area (Å²) < 4.78 is 25.4. The van der Waals surface area contributed by atoms with Crippen LogP contribution >= 0.6 is 0 Å². The lowest BCUT2D eigenvalue weighted by molar-refractivity contribution is -0.116. The third kappa shape index (κ3) is 5.10. The first-order valence-electron chi connectivity index (χ1n) is 13.1. The normalized spacial score (nSPS) is 18.3. The summed E-state index contributed by atoms with van der Waals surface area (Å²) in [6.45, 7) is 0.398. The molecule has 1 heterocycles. The fourth-order valence-electron chi connectivity index (χ4n) is 5.43. The summed E-state index contributed by atoms with van der Waals surface area (Å²) in [6, 6.07) is 29.8. The first kappa shape index (κ1) is 24.7. The second-order valence-corrected chi connectivity index (χ2v) is 9.90. The van der Waals surface area contributed by atoms with Crippen LogP contribution in [-0.4, -0.2) is 12.9 Å². The van der Waals surface area contributed by atoms with Crippen molar-refractivity contribution in [3.63, 3.8) is 0 Å². The molecule has 0 fully saturated rings. The summed E-state index contributed by atoms with van der Waals surface area (Å²) in [7, 11) is 1.62. The maximum Gasteiger partial charge on any atom is 0.163 e. The number of halogens is 1. The van der Waals surface area contributed by atoms with Crippen LogP contribution in [0.15, 0.2) is 108 Å². The highest BCUT2D eigenvalue weighted by molar-refractivity contribution is 6.01. The summed E-state index contributed by atoms with van der Waals surface area (Å²) in [5, 5.41) is 7.17. The zero-order valence-electron chi connectivity index (χ0n) is 21.6. The molecule has 1 aliphatic carbocycles. The van der Waals surface area contributed by atoms with E-state index in [9.17, 15) is 9.18 Å². The van der Waals surface area contributed by atoms with E-state index in [1.165, 1.54) is 12.1 Å². The number of benzene rings is 4. The van der Waals surface area contributed by atoms with Crippen molar-refractivity contribution in [2.75, 3.05) is 17.7 Å². The minimum absolute atomic E-state index is 0.0316. The van der Waals surface area contributed by atoms with Gasteiger partial charge in [-0.3, -0.25) is 4.79 Å². The van der Waals surface area contributed by atoms with Crippen molar-refractivity contribution in [2.24, 2.45) is 0 Å². The largest absolute Gasteiger partial charge is 0.493 e. The Morgan fingerprint density at radius 3 is 2.31 bits per heavy atom. The molecule has 0 aromatic heterocycles. The molecule has 2 atom stereocenters. The van der Waals surface area contributed by atoms with Gasteiger partial charge in [-0.25, -0.2) is 4.39 Å². The average Bonchev–Trinajstić information content (AvgIpc) is 3.14. The predicted octanol–water partition coefficient (Wildman–Crippen LogP) is 7.39. The summed E-state index contributed by atoms with van der Waals surface area (Å²) in [4.78, 5) is 13.8. The van der Waals surface area contributed by atoms with E-state index in [1.807, 2.05) is 72.8 Å². The number of para-hydroxylation sites is 2. The van der Waals surface area contributed by atoms with Gasteiger partial charge in [0.1, 0.15) is 12.4 Å². The van der Waals surface area contributed by atoms with Crippen molar-refractivity contribution in [3.8, 4) is 11.5 Å². The number of fused-ring (bicyclic) bond motifs is 1. The molecule has 0 amide bonds. The summed E-state index contributed by atoms with van der Waals surface area (Å²) in [5.41, 5.74) is 6.32. The van der Waals surface area contributed by atoms with Crippen molar-refractivity contribution in [1.82, 2.24) is 0 Å². The van der Waals surface area contributed by atoms with Gasteiger partial charge in [0.2, 0.25) is 0 Å². The van der Waals surface area contributed by atoms with Gasteiger partial charge >= 0.3 is 0 Å². The summed E-state index contributed by atoms with van der Waals surface area (Å²) >= 11 is 0. The van der Waals surface area contributed by atoms with Crippen molar-refractivity contribution in [3.05, 3.63) is 131 Å². The Morgan fingerprint density at radius 2 is 1.54 bits per heavy atom. The van der Waals surface area contributed by atoms with E-state index in [4.69, 9.17) is 9.47 Å². The van der Waals surface area contributed by atoms with Crippen LogP contribution in [0.25, 0.3) is 0 Å². The standard InChI is InChI=1S/C33H29FN2O3/c1-38-30-16-13-23(19-31(30)39-20-21-7-3-2-4-8-21)33-32-28(35-26-9-5-6-10-27(26)36-33)17-24(18-29(32)37)22-11-14-25(34)15-12-22/h2-16,19,24,33,35-36H,17-18,20H2,1H3. The molecule has 39 heavy (non-hydrogen) atoms. The van der Waals surface area contributed by atoms with Gasteiger partial charge in [0.15, 0.2) is 17.3 Å². The van der Waals surface area contributed by atoms with E-state index in [2.05, 4.69) is 10.6 Å². The van der Waals surface area contributed by atoms with E-state index in [1.54, 1.807) is 19.2 Å². The molecule has 2 aliphatic rings. The number of ether oxygens (including phenoxy) is 2. The van der Waals surface area contributed by atoms with E-state index >= 15 is 0 Å². The molecule has 6 heteroatoms. The van der Waals surface area contributed by atoms with E-state index in [-0.39, 0.29) is 23.6 Å². The number of Topliss-reactive ketones (excluding diaryl/α,β-unsaturated/α-hetero) is 1. The number of rotatable bonds is 6.